The Hall–Kier alpha value is -1.31. The van der Waals surface area contributed by atoms with Crippen LogP contribution >= 0.6 is 24.0 Å². The molecule has 140 valence electrons. The SMILES string of the molecule is CCCCNC(=O)c1ccc(CN=C(NCC)NC2CC2C)cc1.I. The molecule has 1 aromatic rings. The summed E-state index contributed by atoms with van der Waals surface area (Å²) in [6.07, 6.45) is 3.31. The van der Waals surface area contributed by atoms with Crippen molar-refractivity contribution in [1.29, 1.82) is 0 Å². The van der Waals surface area contributed by atoms with E-state index in [0.717, 1.165) is 43.4 Å². The third kappa shape index (κ3) is 7.63. The minimum Gasteiger partial charge on any atom is -0.357 e. The molecule has 0 aromatic heterocycles. The third-order valence-corrected chi connectivity index (χ3v) is 4.23. The zero-order chi connectivity index (χ0) is 17.4. The van der Waals surface area contributed by atoms with Crippen LogP contribution in [0.2, 0.25) is 0 Å². The molecule has 2 rings (SSSR count). The number of guanidine groups is 1. The lowest BCUT2D eigenvalue weighted by atomic mass is 10.1. The Labute approximate surface area is 168 Å². The van der Waals surface area contributed by atoms with Crippen LogP contribution in [0.4, 0.5) is 0 Å². The first-order chi connectivity index (χ1) is 11.6. The molecule has 0 aliphatic heterocycles. The average molecular weight is 458 g/mol. The number of nitrogens with one attached hydrogen (secondary N) is 3. The second-order valence-electron chi connectivity index (χ2n) is 6.47. The van der Waals surface area contributed by atoms with Crippen LogP contribution in [0, 0.1) is 5.92 Å². The Morgan fingerprint density at radius 1 is 1.20 bits per heavy atom. The molecule has 3 N–H and O–H groups in total. The quantitative estimate of drug-likeness (QED) is 0.243. The number of hydrogen-bond acceptors (Lipinski definition) is 2. The van der Waals surface area contributed by atoms with Crippen molar-refractivity contribution in [2.45, 2.75) is 52.6 Å². The Morgan fingerprint density at radius 3 is 2.44 bits per heavy atom. The van der Waals surface area contributed by atoms with Crippen molar-refractivity contribution in [2.75, 3.05) is 13.1 Å². The van der Waals surface area contributed by atoms with Gasteiger partial charge in [-0.2, -0.15) is 0 Å². The van der Waals surface area contributed by atoms with Gasteiger partial charge in [-0.05, 0) is 43.4 Å². The normalized spacial score (nSPS) is 18.9. The Bertz CT molecular complexity index is 559. The molecule has 0 radical (unpaired) electrons. The van der Waals surface area contributed by atoms with Gasteiger partial charge in [-0.25, -0.2) is 4.99 Å². The summed E-state index contributed by atoms with van der Waals surface area (Å²) >= 11 is 0. The number of amides is 1. The molecule has 1 aliphatic carbocycles. The molecule has 25 heavy (non-hydrogen) atoms. The van der Waals surface area contributed by atoms with Gasteiger partial charge in [-0.15, -0.1) is 24.0 Å². The van der Waals surface area contributed by atoms with Crippen molar-refractivity contribution in [3.05, 3.63) is 35.4 Å². The van der Waals surface area contributed by atoms with Gasteiger partial charge in [0.15, 0.2) is 5.96 Å². The molecule has 2 atom stereocenters. The van der Waals surface area contributed by atoms with Gasteiger partial charge in [0.25, 0.3) is 5.91 Å². The second-order valence-corrected chi connectivity index (χ2v) is 6.47. The fourth-order valence-electron chi connectivity index (χ4n) is 2.43. The highest BCUT2D eigenvalue weighted by molar-refractivity contribution is 14.0. The highest BCUT2D eigenvalue weighted by Gasteiger charge is 2.33. The number of benzene rings is 1. The van der Waals surface area contributed by atoms with E-state index in [1.807, 2.05) is 24.3 Å². The van der Waals surface area contributed by atoms with Crippen molar-refractivity contribution in [2.24, 2.45) is 10.9 Å². The van der Waals surface area contributed by atoms with E-state index in [9.17, 15) is 4.79 Å². The molecule has 1 aromatic carbocycles. The lowest BCUT2D eigenvalue weighted by Gasteiger charge is -2.11. The molecule has 1 aliphatic rings. The summed E-state index contributed by atoms with van der Waals surface area (Å²) in [6.45, 7) is 8.61. The molecule has 0 spiro atoms. The van der Waals surface area contributed by atoms with Gasteiger partial charge < -0.3 is 16.0 Å². The summed E-state index contributed by atoms with van der Waals surface area (Å²) < 4.78 is 0. The van der Waals surface area contributed by atoms with Crippen molar-refractivity contribution < 1.29 is 4.79 Å². The van der Waals surface area contributed by atoms with Gasteiger partial charge in [0, 0.05) is 24.7 Å². The first-order valence-electron chi connectivity index (χ1n) is 9.06. The topological polar surface area (TPSA) is 65.5 Å². The summed E-state index contributed by atoms with van der Waals surface area (Å²) in [5.74, 6) is 1.60. The summed E-state index contributed by atoms with van der Waals surface area (Å²) in [6, 6.07) is 8.24. The molecular formula is C19H31IN4O. The highest BCUT2D eigenvalue weighted by atomic mass is 127. The van der Waals surface area contributed by atoms with Crippen LogP contribution in [0.5, 0.6) is 0 Å². The maximum absolute atomic E-state index is 12.0. The number of aliphatic imine (C=N–C) groups is 1. The van der Waals surface area contributed by atoms with E-state index >= 15 is 0 Å². The molecule has 1 fully saturated rings. The number of nitrogens with zero attached hydrogens (tertiary/aromatic N) is 1. The van der Waals surface area contributed by atoms with Gasteiger partial charge in [0.1, 0.15) is 0 Å². The zero-order valence-corrected chi connectivity index (χ0v) is 17.8. The standard InChI is InChI=1S/C19H30N4O.HI/c1-4-6-11-21-18(24)16-9-7-15(8-10-16)13-22-19(20-5-2)23-17-12-14(17)3;/h7-10,14,17H,4-6,11-13H2,1-3H3,(H,21,24)(H2,20,22,23);1H. The van der Waals surface area contributed by atoms with Crippen LogP contribution in [0.25, 0.3) is 0 Å². The minimum atomic E-state index is -0.00349. The van der Waals surface area contributed by atoms with Gasteiger partial charge >= 0.3 is 0 Å². The maximum Gasteiger partial charge on any atom is 0.251 e. The van der Waals surface area contributed by atoms with Gasteiger partial charge in [0.2, 0.25) is 0 Å². The van der Waals surface area contributed by atoms with Crippen LogP contribution in [-0.2, 0) is 6.54 Å². The first-order valence-corrected chi connectivity index (χ1v) is 9.06. The van der Waals surface area contributed by atoms with Gasteiger partial charge in [-0.1, -0.05) is 32.4 Å². The monoisotopic (exact) mass is 458 g/mol. The van der Waals surface area contributed by atoms with Crippen LogP contribution in [-0.4, -0.2) is 31.0 Å². The summed E-state index contributed by atoms with van der Waals surface area (Å²) in [7, 11) is 0. The molecule has 6 heteroatoms. The molecular weight excluding hydrogens is 427 g/mol. The second kappa shape index (κ2) is 11.3. The predicted molar refractivity (Wildman–Crippen MR) is 115 cm³/mol. The zero-order valence-electron chi connectivity index (χ0n) is 15.5. The first kappa shape index (κ1) is 21.7. The van der Waals surface area contributed by atoms with E-state index in [4.69, 9.17) is 0 Å². The van der Waals surface area contributed by atoms with Crippen molar-refractivity contribution in [3.63, 3.8) is 0 Å². The Balaban J connectivity index is 0.00000312. The number of rotatable bonds is 8. The number of carbonyl (C=O) groups excluding carboxylic acids is 1. The smallest absolute Gasteiger partial charge is 0.251 e. The van der Waals surface area contributed by atoms with E-state index in [2.05, 4.69) is 41.7 Å². The van der Waals surface area contributed by atoms with E-state index < -0.39 is 0 Å². The lowest BCUT2D eigenvalue weighted by Crippen LogP contribution is -2.39. The molecule has 2 unspecified atom stereocenters. The molecule has 0 saturated heterocycles. The molecule has 0 bridgehead atoms. The number of halogens is 1. The predicted octanol–water partition coefficient (Wildman–Crippen LogP) is 3.30. The van der Waals surface area contributed by atoms with E-state index in [1.165, 1.54) is 6.42 Å². The van der Waals surface area contributed by atoms with Crippen molar-refractivity contribution in [3.8, 4) is 0 Å². The maximum atomic E-state index is 12.0. The Kier molecular flexibility index (Phi) is 9.85. The van der Waals surface area contributed by atoms with E-state index in [0.29, 0.717) is 18.2 Å². The summed E-state index contributed by atoms with van der Waals surface area (Å²) in [4.78, 5) is 16.6. The number of hydrogen-bond donors (Lipinski definition) is 3. The molecule has 5 nitrogen and oxygen atoms in total. The average Bonchev–Trinajstić information content (AvgIpc) is 3.28. The van der Waals surface area contributed by atoms with Crippen molar-refractivity contribution in [1.82, 2.24) is 16.0 Å². The van der Waals surface area contributed by atoms with E-state index in [-0.39, 0.29) is 29.9 Å². The van der Waals surface area contributed by atoms with Crippen LogP contribution in [0.15, 0.2) is 29.3 Å². The fraction of sp³-hybridized carbons (Fsp3) is 0.579. The number of carbonyl (C=O) groups is 1. The van der Waals surface area contributed by atoms with Crippen LogP contribution in [0.3, 0.4) is 0 Å². The van der Waals surface area contributed by atoms with Crippen LogP contribution < -0.4 is 16.0 Å². The molecule has 1 amide bonds. The lowest BCUT2D eigenvalue weighted by molar-refractivity contribution is 0.0953. The summed E-state index contributed by atoms with van der Waals surface area (Å²) in [5, 5.41) is 9.66. The summed E-state index contributed by atoms with van der Waals surface area (Å²) in [5.41, 5.74) is 1.80. The fourth-order valence-corrected chi connectivity index (χ4v) is 2.43. The van der Waals surface area contributed by atoms with Gasteiger partial charge in [0.05, 0.1) is 6.54 Å². The third-order valence-electron chi connectivity index (χ3n) is 4.23. The Morgan fingerprint density at radius 2 is 1.88 bits per heavy atom. The van der Waals surface area contributed by atoms with Gasteiger partial charge in [-0.3, -0.25) is 4.79 Å². The highest BCUT2D eigenvalue weighted by Crippen LogP contribution is 2.28. The van der Waals surface area contributed by atoms with E-state index in [1.54, 1.807) is 0 Å². The van der Waals surface area contributed by atoms with Crippen molar-refractivity contribution >= 4 is 35.8 Å². The number of unbranched alkanes of at least 4 members (excludes halogenated alkanes) is 1. The van der Waals surface area contributed by atoms with Crippen LogP contribution in [0.1, 0.15) is 56.0 Å². The molecule has 1 saturated carbocycles. The molecule has 0 heterocycles. The minimum absolute atomic E-state index is 0. The largest absolute Gasteiger partial charge is 0.357 e.